The molecule has 0 saturated carbocycles. The molecule has 0 atom stereocenters. The van der Waals surface area contributed by atoms with Gasteiger partial charge in [-0.05, 0) is 42.5 Å². The number of benzene rings is 2. The lowest BCUT2D eigenvalue weighted by Crippen LogP contribution is -2.26. The van der Waals surface area contributed by atoms with Crippen LogP contribution in [-0.2, 0) is 4.79 Å². The van der Waals surface area contributed by atoms with Gasteiger partial charge in [0.1, 0.15) is 11.0 Å². The Hall–Kier alpha value is -1.53. The Morgan fingerprint density at radius 2 is 1.65 bits per heavy atom. The number of hydrogen-bond acceptors (Lipinski definition) is 3. The van der Waals surface area contributed by atoms with Crippen molar-refractivity contribution in [3.8, 4) is 5.69 Å². The molecule has 0 aliphatic carbocycles. The van der Waals surface area contributed by atoms with Gasteiger partial charge in [-0.25, -0.2) is 0 Å². The van der Waals surface area contributed by atoms with Crippen LogP contribution in [0.2, 0.25) is 5.02 Å². The van der Waals surface area contributed by atoms with Gasteiger partial charge in [-0.15, -0.1) is 10.2 Å². The van der Waals surface area contributed by atoms with Crippen LogP contribution in [0.3, 0.4) is 0 Å². The van der Waals surface area contributed by atoms with Crippen molar-refractivity contribution < 1.29 is 4.79 Å². The first-order valence-corrected chi connectivity index (χ1v) is 7.85. The fourth-order valence-electron chi connectivity index (χ4n) is 1.88. The van der Waals surface area contributed by atoms with Crippen molar-refractivity contribution in [3.63, 3.8) is 0 Å². The van der Waals surface area contributed by atoms with Gasteiger partial charge in [0.15, 0.2) is 0 Å². The highest BCUT2D eigenvalue weighted by atomic mass is 35.6. The molecule has 0 aliphatic rings. The number of halogens is 4. The third-order valence-corrected chi connectivity index (χ3v) is 3.72. The molecule has 1 amide bonds. The number of alkyl halides is 3. The van der Waals surface area contributed by atoms with E-state index in [0.717, 1.165) is 5.69 Å². The summed E-state index contributed by atoms with van der Waals surface area (Å²) in [6, 6.07) is 12.1. The highest BCUT2D eigenvalue weighted by molar-refractivity contribution is 6.76. The minimum absolute atomic E-state index is 0.456. The van der Waals surface area contributed by atoms with E-state index in [1.54, 1.807) is 42.5 Å². The second-order valence-corrected chi connectivity index (χ2v) is 7.34. The molecule has 1 aromatic heterocycles. The van der Waals surface area contributed by atoms with Crippen molar-refractivity contribution in [2.45, 2.75) is 3.79 Å². The normalized spacial score (nSPS) is 11.7. The van der Waals surface area contributed by atoms with Crippen LogP contribution in [-0.4, -0.2) is 24.7 Å². The molecule has 3 rings (SSSR count). The fraction of sp³-hybridized carbons (Fsp3) is 0.0714. The van der Waals surface area contributed by atoms with Crippen LogP contribution in [0.25, 0.3) is 16.7 Å². The quantitative estimate of drug-likeness (QED) is 0.661. The van der Waals surface area contributed by atoms with Gasteiger partial charge >= 0.3 is 0 Å². The van der Waals surface area contributed by atoms with Crippen LogP contribution in [0.15, 0.2) is 42.5 Å². The third-order valence-electron chi connectivity index (χ3n) is 2.95. The Labute approximate surface area is 151 Å². The van der Waals surface area contributed by atoms with Crippen LogP contribution >= 0.6 is 46.4 Å². The highest BCUT2D eigenvalue weighted by Crippen LogP contribution is 2.28. The number of carbonyl (C=O) groups is 1. The van der Waals surface area contributed by atoms with Crippen molar-refractivity contribution in [2.24, 2.45) is 0 Å². The summed E-state index contributed by atoms with van der Waals surface area (Å²) in [6.07, 6.45) is 0. The second-order valence-electron chi connectivity index (χ2n) is 4.62. The molecule has 0 radical (unpaired) electrons. The summed E-state index contributed by atoms with van der Waals surface area (Å²) in [5.74, 6) is -0.744. The van der Waals surface area contributed by atoms with E-state index in [1.807, 2.05) is 0 Å². The maximum absolute atomic E-state index is 11.7. The number of aromatic nitrogens is 3. The molecule has 0 saturated heterocycles. The van der Waals surface area contributed by atoms with E-state index in [1.165, 1.54) is 4.80 Å². The third kappa shape index (κ3) is 3.70. The van der Waals surface area contributed by atoms with E-state index in [-0.39, 0.29) is 0 Å². The number of nitrogens with zero attached hydrogens (tertiary/aromatic N) is 3. The first-order valence-electron chi connectivity index (χ1n) is 6.34. The summed E-state index contributed by atoms with van der Waals surface area (Å²) in [6.45, 7) is 0. The minimum Gasteiger partial charge on any atom is -0.322 e. The molecule has 118 valence electrons. The van der Waals surface area contributed by atoms with Gasteiger partial charge in [0, 0.05) is 10.7 Å². The topological polar surface area (TPSA) is 59.8 Å². The van der Waals surface area contributed by atoms with Crippen molar-refractivity contribution in [1.29, 1.82) is 0 Å². The molecule has 9 heteroatoms. The van der Waals surface area contributed by atoms with Crippen molar-refractivity contribution in [2.75, 3.05) is 5.32 Å². The standard InChI is InChI=1S/C14H8Cl4N4O/c15-8-1-4-10(5-2-8)22-20-11-6-3-9(7-12(11)21-22)19-13(23)14(16,17)18/h1-7H,(H,19,23). The molecule has 1 N–H and O–H groups in total. The number of anilines is 1. The minimum atomic E-state index is -2.03. The van der Waals surface area contributed by atoms with Crippen LogP contribution in [0.1, 0.15) is 0 Å². The molecule has 5 nitrogen and oxygen atoms in total. The molecule has 0 bridgehead atoms. The summed E-state index contributed by atoms with van der Waals surface area (Å²) in [5, 5.41) is 11.8. The molecule has 3 aromatic rings. The average Bonchev–Trinajstić information content (AvgIpc) is 2.90. The summed E-state index contributed by atoms with van der Waals surface area (Å²) >= 11 is 22.4. The lowest BCUT2D eigenvalue weighted by atomic mass is 10.3. The largest absolute Gasteiger partial charge is 0.322 e. The zero-order chi connectivity index (χ0) is 16.6. The van der Waals surface area contributed by atoms with E-state index >= 15 is 0 Å². The maximum atomic E-state index is 11.7. The zero-order valence-corrected chi connectivity index (χ0v) is 14.3. The van der Waals surface area contributed by atoms with E-state index in [2.05, 4.69) is 15.5 Å². The molecular formula is C14H8Cl4N4O. The molecule has 23 heavy (non-hydrogen) atoms. The summed E-state index contributed by atoms with van der Waals surface area (Å²) < 4.78 is -2.03. The fourth-order valence-corrected chi connectivity index (χ4v) is 2.15. The van der Waals surface area contributed by atoms with E-state index < -0.39 is 9.70 Å². The van der Waals surface area contributed by atoms with E-state index in [9.17, 15) is 4.79 Å². The Kier molecular flexibility index (Phi) is 4.38. The lowest BCUT2D eigenvalue weighted by Gasteiger charge is -2.10. The molecular weight excluding hydrogens is 382 g/mol. The molecule has 0 spiro atoms. The van der Waals surface area contributed by atoms with Crippen molar-refractivity contribution in [3.05, 3.63) is 47.5 Å². The predicted octanol–water partition coefficient (Wildman–Crippen LogP) is 4.38. The second kappa shape index (κ2) is 6.17. The van der Waals surface area contributed by atoms with Crippen LogP contribution in [0.5, 0.6) is 0 Å². The number of rotatable bonds is 2. The number of amides is 1. The number of hydrogen-bond donors (Lipinski definition) is 1. The first-order chi connectivity index (χ1) is 10.8. The maximum Gasteiger partial charge on any atom is 0.276 e. The van der Waals surface area contributed by atoms with Gasteiger partial charge in [0.2, 0.25) is 0 Å². The van der Waals surface area contributed by atoms with Gasteiger partial charge in [-0.1, -0.05) is 46.4 Å². The average molecular weight is 390 g/mol. The molecule has 0 fully saturated rings. The summed E-state index contributed by atoms with van der Waals surface area (Å²) in [5.41, 5.74) is 2.46. The van der Waals surface area contributed by atoms with Gasteiger partial charge in [0.05, 0.1) is 5.69 Å². The van der Waals surface area contributed by atoms with Crippen LogP contribution < -0.4 is 5.32 Å². The van der Waals surface area contributed by atoms with Crippen molar-refractivity contribution in [1.82, 2.24) is 15.0 Å². The van der Waals surface area contributed by atoms with Crippen LogP contribution in [0.4, 0.5) is 5.69 Å². The van der Waals surface area contributed by atoms with E-state index in [0.29, 0.717) is 21.7 Å². The molecule has 0 aliphatic heterocycles. The van der Waals surface area contributed by atoms with Gasteiger partial charge in [-0.3, -0.25) is 4.79 Å². The Balaban J connectivity index is 1.92. The lowest BCUT2D eigenvalue weighted by molar-refractivity contribution is -0.115. The molecule has 0 unspecified atom stereocenters. The Bertz CT molecular complexity index is 871. The zero-order valence-electron chi connectivity index (χ0n) is 11.3. The number of carbonyl (C=O) groups excluding carboxylic acids is 1. The van der Waals surface area contributed by atoms with Crippen LogP contribution in [0, 0.1) is 0 Å². The summed E-state index contributed by atoms with van der Waals surface area (Å²) in [4.78, 5) is 13.1. The van der Waals surface area contributed by atoms with Gasteiger partial charge in [0.25, 0.3) is 9.70 Å². The highest BCUT2D eigenvalue weighted by Gasteiger charge is 2.30. The van der Waals surface area contributed by atoms with E-state index in [4.69, 9.17) is 46.4 Å². The summed E-state index contributed by atoms with van der Waals surface area (Å²) in [7, 11) is 0. The Morgan fingerprint density at radius 3 is 2.30 bits per heavy atom. The van der Waals surface area contributed by atoms with Gasteiger partial charge in [-0.2, -0.15) is 4.80 Å². The smallest absolute Gasteiger partial charge is 0.276 e. The number of nitrogens with one attached hydrogen (secondary N) is 1. The molecule has 2 aromatic carbocycles. The first kappa shape index (κ1) is 16.3. The molecule has 1 heterocycles. The van der Waals surface area contributed by atoms with Gasteiger partial charge < -0.3 is 5.32 Å². The van der Waals surface area contributed by atoms with Crippen molar-refractivity contribution >= 4 is 69.0 Å². The SMILES string of the molecule is O=C(Nc1ccc2nn(-c3ccc(Cl)cc3)nc2c1)C(Cl)(Cl)Cl. The predicted molar refractivity (Wildman–Crippen MR) is 92.8 cm³/mol. The number of fused-ring (bicyclic) bond motifs is 1. The monoisotopic (exact) mass is 388 g/mol. The Morgan fingerprint density at radius 1 is 1.00 bits per heavy atom.